The highest BCUT2D eigenvalue weighted by atomic mass is 16.7. The Labute approximate surface area is 89.7 Å². The van der Waals surface area contributed by atoms with Crippen LogP contribution in [0.2, 0.25) is 0 Å². The highest BCUT2D eigenvalue weighted by Crippen LogP contribution is 1.98. The number of hydrogen-bond acceptors (Lipinski definition) is 5. The maximum absolute atomic E-state index is 10.8. The molecule has 0 radical (unpaired) electrons. The molecule has 15 heavy (non-hydrogen) atoms. The lowest BCUT2D eigenvalue weighted by Gasteiger charge is -2.29. The third-order valence-corrected chi connectivity index (χ3v) is 1.64. The summed E-state index contributed by atoms with van der Waals surface area (Å²) in [5, 5.41) is 1.31. The SMILES string of the molecule is C=CC(=O)OCC(CON(C)[N-]C)OC. The molecule has 0 aliphatic heterocycles. The highest BCUT2D eigenvalue weighted by molar-refractivity contribution is 5.81. The lowest BCUT2D eigenvalue weighted by Crippen LogP contribution is -2.28. The van der Waals surface area contributed by atoms with E-state index in [1.165, 1.54) is 12.3 Å². The van der Waals surface area contributed by atoms with Gasteiger partial charge in [-0.2, -0.15) is 0 Å². The Bertz CT molecular complexity index is 199. The minimum absolute atomic E-state index is 0.124. The number of nitrogens with zero attached hydrogens (tertiary/aromatic N) is 2. The molecule has 0 aliphatic rings. The van der Waals surface area contributed by atoms with Gasteiger partial charge in [-0.15, -0.1) is 7.05 Å². The van der Waals surface area contributed by atoms with E-state index >= 15 is 0 Å². The average molecular weight is 217 g/mol. The van der Waals surface area contributed by atoms with Gasteiger partial charge in [-0.05, 0) is 7.05 Å². The van der Waals surface area contributed by atoms with Crippen LogP contribution in [0.15, 0.2) is 12.7 Å². The van der Waals surface area contributed by atoms with Crippen LogP contribution in [-0.2, 0) is 19.1 Å². The third kappa shape index (κ3) is 7.03. The van der Waals surface area contributed by atoms with Gasteiger partial charge in [0.25, 0.3) is 0 Å². The molecule has 0 rings (SSSR count). The summed E-state index contributed by atoms with van der Waals surface area (Å²) in [6.45, 7) is 3.66. The maximum atomic E-state index is 10.8. The van der Waals surface area contributed by atoms with Gasteiger partial charge in [-0.25, -0.2) is 4.79 Å². The van der Waals surface area contributed by atoms with Crippen LogP contribution in [0, 0.1) is 0 Å². The molecule has 0 spiro atoms. The molecular weight excluding hydrogens is 200 g/mol. The first-order valence-corrected chi connectivity index (χ1v) is 4.42. The van der Waals surface area contributed by atoms with Gasteiger partial charge in [0.05, 0.1) is 6.61 Å². The smallest absolute Gasteiger partial charge is 0.330 e. The van der Waals surface area contributed by atoms with Crippen LogP contribution in [-0.4, -0.2) is 51.7 Å². The van der Waals surface area contributed by atoms with Gasteiger partial charge in [-0.3, -0.25) is 5.17 Å². The fraction of sp³-hybridized carbons (Fsp3) is 0.667. The molecule has 0 aromatic carbocycles. The van der Waals surface area contributed by atoms with Crippen LogP contribution in [0.3, 0.4) is 0 Å². The van der Waals surface area contributed by atoms with Gasteiger partial charge in [0.15, 0.2) is 0 Å². The fourth-order valence-corrected chi connectivity index (χ4v) is 0.667. The Hall–Kier alpha value is -0.950. The fourth-order valence-electron chi connectivity index (χ4n) is 0.667. The van der Waals surface area contributed by atoms with Gasteiger partial charge in [-0.1, -0.05) is 6.58 Å². The summed E-state index contributed by atoms with van der Waals surface area (Å²) < 4.78 is 9.83. The van der Waals surface area contributed by atoms with E-state index in [9.17, 15) is 4.79 Å². The van der Waals surface area contributed by atoms with Crippen LogP contribution in [0.25, 0.3) is 5.43 Å². The second-order valence-corrected chi connectivity index (χ2v) is 2.65. The quantitative estimate of drug-likeness (QED) is 0.337. The molecule has 0 saturated heterocycles. The minimum atomic E-state index is -0.481. The minimum Gasteiger partial charge on any atom is -0.572 e. The summed E-state index contributed by atoms with van der Waals surface area (Å²) in [7, 11) is 4.76. The largest absolute Gasteiger partial charge is 0.572 e. The number of methoxy groups -OCH3 is 1. The van der Waals surface area contributed by atoms with E-state index in [2.05, 4.69) is 12.0 Å². The zero-order chi connectivity index (χ0) is 11.7. The lowest BCUT2D eigenvalue weighted by molar-refractivity contribution is -0.160. The predicted octanol–water partition coefficient (Wildman–Crippen LogP) is 0.512. The molecule has 6 nitrogen and oxygen atoms in total. The maximum Gasteiger partial charge on any atom is 0.330 e. The molecule has 0 N–H and O–H groups in total. The molecule has 6 heteroatoms. The van der Waals surface area contributed by atoms with Gasteiger partial charge in [0.2, 0.25) is 0 Å². The molecule has 1 atom stereocenters. The monoisotopic (exact) mass is 217 g/mol. The number of carbonyl (C=O) groups excluding carboxylic acids is 1. The van der Waals surface area contributed by atoms with Crippen LogP contribution >= 0.6 is 0 Å². The van der Waals surface area contributed by atoms with Crippen LogP contribution in [0.5, 0.6) is 0 Å². The van der Waals surface area contributed by atoms with Crippen molar-refractivity contribution in [2.45, 2.75) is 6.10 Å². The van der Waals surface area contributed by atoms with E-state index < -0.39 is 5.97 Å². The number of hydroxylamine groups is 1. The molecule has 88 valence electrons. The second-order valence-electron chi connectivity index (χ2n) is 2.65. The van der Waals surface area contributed by atoms with Gasteiger partial charge >= 0.3 is 5.97 Å². The lowest BCUT2D eigenvalue weighted by atomic mass is 10.4. The number of rotatable bonds is 8. The van der Waals surface area contributed by atoms with Gasteiger partial charge in [0, 0.05) is 13.2 Å². The standard InChI is InChI=1S/C9H17N2O4/c1-5-9(12)14-6-8(13-4)7-15-11(3)10-2/h5,8H,1,6-7H2,2-4H3/q-1. The topological polar surface area (TPSA) is 62.1 Å². The van der Waals surface area contributed by atoms with Gasteiger partial charge in [0.1, 0.15) is 12.7 Å². The molecule has 0 saturated carbocycles. The molecule has 0 heterocycles. The van der Waals surface area contributed by atoms with E-state index in [0.717, 1.165) is 6.08 Å². The van der Waals surface area contributed by atoms with Crippen molar-refractivity contribution in [2.24, 2.45) is 0 Å². The van der Waals surface area contributed by atoms with Crippen molar-refractivity contribution < 1.29 is 19.1 Å². The number of carbonyl (C=O) groups is 1. The summed E-state index contributed by atoms with van der Waals surface area (Å²) in [5.74, 6) is -0.481. The predicted molar refractivity (Wildman–Crippen MR) is 55.0 cm³/mol. The van der Waals surface area contributed by atoms with Crippen LogP contribution in [0.1, 0.15) is 0 Å². The molecular formula is C9H17N2O4-. The van der Waals surface area contributed by atoms with Crippen LogP contribution < -0.4 is 0 Å². The molecule has 0 bridgehead atoms. The number of hydrogen-bond donors (Lipinski definition) is 0. The Morgan fingerprint density at radius 3 is 2.73 bits per heavy atom. The van der Waals surface area contributed by atoms with E-state index in [4.69, 9.17) is 14.3 Å². The van der Waals surface area contributed by atoms with Crippen molar-refractivity contribution in [3.8, 4) is 0 Å². The third-order valence-electron chi connectivity index (χ3n) is 1.64. The molecule has 1 unspecified atom stereocenters. The Morgan fingerprint density at radius 2 is 2.27 bits per heavy atom. The van der Waals surface area contributed by atoms with E-state index in [1.807, 2.05) is 0 Å². The highest BCUT2D eigenvalue weighted by Gasteiger charge is 2.10. The van der Waals surface area contributed by atoms with E-state index in [0.29, 0.717) is 0 Å². The molecule has 0 fully saturated rings. The summed E-state index contributed by atoms with van der Waals surface area (Å²) >= 11 is 0. The van der Waals surface area contributed by atoms with Crippen molar-refractivity contribution in [2.75, 3.05) is 34.4 Å². The van der Waals surface area contributed by atoms with Crippen molar-refractivity contribution >= 4 is 5.97 Å². The van der Waals surface area contributed by atoms with Crippen molar-refractivity contribution in [3.05, 3.63) is 18.1 Å². The number of ether oxygens (including phenoxy) is 2. The molecule has 0 amide bonds. The first-order valence-electron chi connectivity index (χ1n) is 4.42. The second kappa shape index (κ2) is 8.37. The zero-order valence-electron chi connectivity index (χ0n) is 9.30. The van der Waals surface area contributed by atoms with Crippen molar-refractivity contribution in [3.63, 3.8) is 0 Å². The Balaban J connectivity index is 3.72. The molecule has 0 aliphatic carbocycles. The average Bonchev–Trinajstić information content (AvgIpc) is 2.28. The number of esters is 1. The summed E-state index contributed by atoms with van der Waals surface area (Å²) in [6, 6.07) is 0. The van der Waals surface area contributed by atoms with Gasteiger partial charge < -0.3 is 19.7 Å². The van der Waals surface area contributed by atoms with Crippen molar-refractivity contribution in [1.82, 2.24) is 5.17 Å². The normalized spacial score (nSPS) is 12.5. The van der Waals surface area contributed by atoms with E-state index in [-0.39, 0.29) is 19.3 Å². The summed E-state index contributed by atoms with van der Waals surface area (Å²) in [5.41, 5.74) is 3.74. The summed E-state index contributed by atoms with van der Waals surface area (Å²) in [6.07, 6.45) is 0.777. The molecule has 0 aromatic heterocycles. The Morgan fingerprint density at radius 1 is 1.60 bits per heavy atom. The molecule has 0 aromatic rings. The van der Waals surface area contributed by atoms with Crippen molar-refractivity contribution in [1.29, 1.82) is 0 Å². The van der Waals surface area contributed by atoms with Crippen LogP contribution in [0.4, 0.5) is 0 Å². The Kier molecular flexibility index (Phi) is 7.84. The van der Waals surface area contributed by atoms with E-state index in [1.54, 1.807) is 14.1 Å². The zero-order valence-corrected chi connectivity index (χ0v) is 9.30. The summed E-state index contributed by atoms with van der Waals surface area (Å²) in [4.78, 5) is 15.9. The first-order chi connectivity index (χ1) is 7.13. The first kappa shape index (κ1) is 14.1.